The van der Waals surface area contributed by atoms with E-state index >= 15 is 0 Å². The Balaban J connectivity index is 0.00000261. The van der Waals surface area contributed by atoms with Crippen molar-refractivity contribution in [3.63, 3.8) is 0 Å². The quantitative estimate of drug-likeness (QED) is 0.706. The molecule has 1 aromatic rings. The number of halogens is 1. The molecule has 0 aromatic heterocycles. The van der Waals surface area contributed by atoms with Crippen LogP contribution >= 0.6 is 12.4 Å². The number of carbonyl (C=O) groups is 1. The fourth-order valence-electron chi connectivity index (χ4n) is 3.86. The van der Waals surface area contributed by atoms with E-state index in [2.05, 4.69) is 16.7 Å². The molecule has 1 amide bonds. The second kappa shape index (κ2) is 11.5. The summed E-state index contributed by atoms with van der Waals surface area (Å²) in [6.07, 6.45) is 5.40. The minimum atomic E-state index is 0. The monoisotopic (exact) mass is 396 g/mol. The molecule has 2 aliphatic rings. The number of morpholine rings is 1. The molecule has 1 atom stereocenters. The van der Waals surface area contributed by atoms with Crippen LogP contribution in [0.3, 0.4) is 0 Å². The highest BCUT2D eigenvalue weighted by Crippen LogP contribution is 2.26. The van der Waals surface area contributed by atoms with Crippen LogP contribution in [0.1, 0.15) is 49.4 Å². The van der Waals surface area contributed by atoms with Gasteiger partial charge in [0.15, 0.2) is 0 Å². The summed E-state index contributed by atoms with van der Waals surface area (Å²) in [7, 11) is 0. The molecule has 0 bridgehead atoms. The number of nitrogens with zero attached hydrogens (tertiary/aromatic N) is 2. The van der Waals surface area contributed by atoms with Crippen molar-refractivity contribution in [3.05, 3.63) is 29.8 Å². The van der Waals surface area contributed by atoms with Gasteiger partial charge in [-0.05, 0) is 44.2 Å². The van der Waals surface area contributed by atoms with E-state index in [9.17, 15) is 4.79 Å². The normalized spacial score (nSPS) is 20.8. The number of benzene rings is 1. The van der Waals surface area contributed by atoms with E-state index in [4.69, 9.17) is 9.47 Å². The molecule has 0 N–H and O–H groups in total. The number of piperidine rings is 1. The zero-order valence-electron chi connectivity index (χ0n) is 16.4. The lowest BCUT2D eigenvalue weighted by Crippen LogP contribution is -2.46. The van der Waals surface area contributed by atoms with Crippen molar-refractivity contribution in [1.29, 1.82) is 0 Å². The van der Waals surface area contributed by atoms with Gasteiger partial charge in [-0.1, -0.05) is 19.1 Å². The van der Waals surface area contributed by atoms with Crippen molar-refractivity contribution in [3.8, 4) is 5.75 Å². The second-order valence-electron chi connectivity index (χ2n) is 7.24. The molecule has 5 nitrogen and oxygen atoms in total. The summed E-state index contributed by atoms with van der Waals surface area (Å²) in [5.41, 5.74) is 0.708. The van der Waals surface area contributed by atoms with Crippen LogP contribution in [0.15, 0.2) is 24.3 Å². The van der Waals surface area contributed by atoms with Crippen LogP contribution in [0.5, 0.6) is 5.75 Å². The molecular weight excluding hydrogens is 364 g/mol. The highest BCUT2D eigenvalue weighted by atomic mass is 35.5. The third kappa shape index (κ3) is 6.09. The fraction of sp³-hybridized carbons (Fsp3) is 0.667. The number of amides is 1. The Bertz CT molecular complexity index is 578. The molecule has 0 spiro atoms. The molecule has 0 saturated carbocycles. The standard InChI is InChI=1S/C21H32N2O3.ClH/c1-2-15-26-20-9-4-3-8-19(20)21(24)23-11-6-5-7-18(23)10-12-22-13-16-25-17-14-22;/h3-4,8-9,18H,2,5-7,10-17H2,1H3;1H. The third-order valence-corrected chi connectivity index (χ3v) is 5.35. The zero-order valence-corrected chi connectivity index (χ0v) is 17.2. The molecule has 0 radical (unpaired) electrons. The summed E-state index contributed by atoms with van der Waals surface area (Å²) in [5, 5.41) is 0. The van der Waals surface area contributed by atoms with Crippen molar-refractivity contribution in [2.24, 2.45) is 0 Å². The minimum absolute atomic E-state index is 0. The van der Waals surface area contributed by atoms with Gasteiger partial charge in [0.05, 0.1) is 25.4 Å². The smallest absolute Gasteiger partial charge is 0.257 e. The summed E-state index contributed by atoms with van der Waals surface area (Å²) >= 11 is 0. The Morgan fingerprint density at radius 3 is 2.74 bits per heavy atom. The first-order valence-corrected chi connectivity index (χ1v) is 10.1. The van der Waals surface area contributed by atoms with E-state index in [1.807, 2.05) is 24.3 Å². The molecule has 27 heavy (non-hydrogen) atoms. The van der Waals surface area contributed by atoms with Gasteiger partial charge in [0.1, 0.15) is 5.75 Å². The first-order chi connectivity index (χ1) is 12.8. The average Bonchev–Trinajstić information content (AvgIpc) is 2.71. The van der Waals surface area contributed by atoms with Crippen LogP contribution in [-0.4, -0.2) is 67.7 Å². The molecule has 0 aliphatic carbocycles. The predicted octanol–water partition coefficient (Wildman–Crippen LogP) is 3.61. The van der Waals surface area contributed by atoms with Crippen LogP contribution in [0.2, 0.25) is 0 Å². The first kappa shape index (κ1) is 22.0. The van der Waals surface area contributed by atoms with E-state index in [0.717, 1.165) is 70.8 Å². The summed E-state index contributed by atoms with van der Waals surface area (Å²) in [6.45, 7) is 8.30. The molecule has 2 heterocycles. The molecule has 2 saturated heterocycles. The van der Waals surface area contributed by atoms with Crippen molar-refractivity contribution in [1.82, 2.24) is 9.80 Å². The first-order valence-electron chi connectivity index (χ1n) is 10.1. The Kier molecular flexibility index (Phi) is 9.39. The third-order valence-electron chi connectivity index (χ3n) is 5.35. The van der Waals surface area contributed by atoms with Crippen molar-refractivity contribution in [2.45, 2.75) is 45.1 Å². The fourth-order valence-corrected chi connectivity index (χ4v) is 3.86. The topological polar surface area (TPSA) is 42.0 Å². The molecule has 2 aliphatic heterocycles. The summed E-state index contributed by atoms with van der Waals surface area (Å²) in [5.74, 6) is 0.847. The lowest BCUT2D eigenvalue weighted by atomic mass is 9.97. The van der Waals surface area contributed by atoms with E-state index in [1.165, 1.54) is 6.42 Å². The predicted molar refractivity (Wildman–Crippen MR) is 110 cm³/mol. The zero-order chi connectivity index (χ0) is 18.2. The van der Waals surface area contributed by atoms with E-state index < -0.39 is 0 Å². The average molecular weight is 397 g/mol. The number of rotatable bonds is 7. The highest BCUT2D eigenvalue weighted by molar-refractivity contribution is 5.97. The van der Waals surface area contributed by atoms with Gasteiger partial charge in [0.25, 0.3) is 5.91 Å². The summed E-state index contributed by atoms with van der Waals surface area (Å²) < 4.78 is 11.3. The largest absolute Gasteiger partial charge is 0.493 e. The molecule has 6 heteroatoms. The molecule has 3 rings (SSSR count). The SMILES string of the molecule is CCCOc1ccccc1C(=O)N1CCCCC1CCN1CCOCC1.Cl. The van der Waals surface area contributed by atoms with Gasteiger partial charge >= 0.3 is 0 Å². The van der Waals surface area contributed by atoms with Crippen LogP contribution in [0, 0.1) is 0 Å². The molecule has 2 fully saturated rings. The van der Waals surface area contributed by atoms with E-state index in [0.29, 0.717) is 18.2 Å². The number of likely N-dealkylation sites (tertiary alicyclic amines) is 1. The molecule has 1 aromatic carbocycles. The highest BCUT2D eigenvalue weighted by Gasteiger charge is 2.29. The molecule has 152 valence electrons. The van der Waals surface area contributed by atoms with Crippen LogP contribution in [-0.2, 0) is 4.74 Å². The summed E-state index contributed by atoms with van der Waals surface area (Å²) in [6, 6.07) is 8.02. The number of ether oxygens (including phenoxy) is 2. The maximum Gasteiger partial charge on any atom is 0.257 e. The van der Waals surface area contributed by atoms with Gasteiger partial charge in [-0.25, -0.2) is 0 Å². The van der Waals surface area contributed by atoms with Gasteiger partial charge in [-0.15, -0.1) is 12.4 Å². The van der Waals surface area contributed by atoms with Crippen molar-refractivity contribution < 1.29 is 14.3 Å². The van der Waals surface area contributed by atoms with Gasteiger partial charge in [0, 0.05) is 32.2 Å². The van der Waals surface area contributed by atoms with Gasteiger partial charge in [0.2, 0.25) is 0 Å². The van der Waals surface area contributed by atoms with Crippen LogP contribution < -0.4 is 4.74 Å². The number of hydrogen-bond donors (Lipinski definition) is 0. The minimum Gasteiger partial charge on any atom is -0.493 e. The van der Waals surface area contributed by atoms with Gasteiger partial charge in [-0.3, -0.25) is 9.69 Å². The maximum absolute atomic E-state index is 13.3. The Morgan fingerprint density at radius 2 is 1.96 bits per heavy atom. The van der Waals surface area contributed by atoms with Crippen molar-refractivity contribution >= 4 is 18.3 Å². The Labute approximate surface area is 169 Å². The van der Waals surface area contributed by atoms with Gasteiger partial charge in [-0.2, -0.15) is 0 Å². The van der Waals surface area contributed by atoms with Crippen molar-refractivity contribution in [2.75, 3.05) is 46.0 Å². The lowest BCUT2D eigenvalue weighted by molar-refractivity contribution is 0.0295. The Morgan fingerprint density at radius 1 is 1.19 bits per heavy atom. The molecule has 1 unspecified atom stereocenters. The van der Waals surface area contributed by atoms with Gasteiger partial charge < -0.3 is 14.4 Å². The van der Waals surface area contributed by atoms with E-state index in [1.54, 1.807) is 0 Å². The Hall–Kier alpha value is -1.30. The number of carbonyl (C=O) groups excluding carboxylic acids is 1. The van der Waals surface area contributed by atoms with Crippen LogP contribution in [0.4, 0.5) is 0 Å². The number of para-hydroxylation sites is 1. The molecular formula is C21H33ClN2O3. The maximum atomic E-state index is 13.3. The van der Waals surface area contributed by atoms with Crippen LogP contribution in [0.25, 0.3) is 0 Å². The number of hydrogen-bond acceptors (Lipinski definition) is 4. The van der Waals surface area contributed by atoms with E-state index in [-0.39, 0.29) is 18.3 Å². The second-order valence-corrected chi connectivity index (χ2v) is 7.24. The summed E-state index contributed by atoms with van der Waals surface area (Å²) in [4.78, 5) is 17.8. The lowest BCUT2D eigenvalue weighted by Gasteiger charge is -2.37.